The van der Waals surface area contributed by atoms with E-state index in [4.69, 9.17) is 0 Å². The summed E-state index contributed by atoms with van der Waals surface area (Å²) in [6.07, 6.45) is 3.89. The second-order valence-electron chi connectivity index (χ2n) is 5.16. The van der Waals surface area contributed by atoms with Gasteiger partial charge in [-0.15, -0.1) is 0 Å². The average Bonchev–Trinajstić information content (AvgIpc) is 2.82. The Morgan fingerprint density at radius 1 is 1.44 bits per heavy atom. The number of rotatable bonds is 6. The average molecular weight is 311 g/mol. The van der Waals surface area contributed by atoms with E-state index in [1.54, 1.807) is 0 Å². The monoisotopic (exact) mass is 310 g/mol. The molecule has 0 saturated carbocycles. The molecule has 2 rings (SSSR count). The summed E-state index contributed by atoms with van der Waals surface area (Å²) in [4.78, 5) is 2.57. The van der Waals surface area contributed by atoms with Crippen LogP contribution in [0.15, 0.2) is 28.7 Å². The summed E-state index contributed by atoms with van der Waals surface area (Å²) in [6.45, 7) is 6.88. The first kappa shape index (κ1) is 14.0. The predicted molar refractivity (Wildman–Crippen MR) is 80.7 cm³/mol. The topological polar surface area (TPSA) is 15.3 Å². The van der Waals surface area contributed by atoms with Crippen LogP contribution in [-0.2, 0) is 6.54 Å². The highest BCUT2D eigenvalue weighted by atomic mass is 79.9. The minimum absolute atomic E-state index is 0.698. The maximum atomic E-state index is 3.59. The van der Waals surface area contributed by atoms with Crippen molar-refractivity contribution in [3.8, 4) is 0 Å². The quantitative estimate of drug-likeness (QED) is 0.866. The molecule has 1 heterocycles. The lowest BCUT2D eigenvalue weighted by Crippen LogP contribution is -2.37. The third-order valence-corrected chi connectivity index (χ3v) is 3.97. The van der Waals surface area contributed by atoms with Crippen LogP contribution in [0.4, 0.5) is 0 Å². The Morgan fingerprint density at radius 2 is 2.33 bits per heavy atom. The summed E-state index contributed by atoms with van der Waals surface area (Å²) >= 11 is 3.55. The van der Waals surface area contributed by atoms with E-state index in [1.807, 2.05) is 0 Å². The van der Waals surface area contributed by atoms with Crippen molar-refractivity contribution in [1.82, 2.24) is 10.2 Å². The third-order valence-electron chi connectivity index (χ3n) is 3.48. The lowest BCUT2D eigenvalue weighted by atomic mass is 10.1. The Bertz CT molecular complexity index is 361. The van der Waals surface area contributed by atoms with Gasteiger partial charge in [0.25, 0.3) is 0 Å². The molecule has 1 N–H and O–H groups in total. The molecule has 2 nitrogen and oxygen atoms in total. The molecule has 0 bridgehead atoms. The fourth-order valence-electron chi connectivity index (χ4n) is 2.67. The van der Waals surface area contributed by atoms with E-state index in [2.05, 4.69) is 57.3 Å². The molecule has 0 radical (unpaired) electrons. The molecule has 1 aliphatic rings. The molecule has 3 heteroatoms. The predicted octanol–water partition coefficient (Wildman–Crippen LogP) is 3.41. The Balaban J connectivity index is 1.92. The number of benzene rings is 1. The van der Waals surface area contributed by atoms with E-state index in [0.29, 0.717) is 6.04 Å². The van der Waals surface area contributed by atoms with Crippen molar-refractivity contribution in [2.45, 2.75) is 38.8 Å². The van der Waals surface area contributed by atoms with Gasteiger partial charge in [0.1, 0.15) is 0 Å². The maximum Gasteiger partial charge on any atom is 0.0234 e. The van der Waals surface area contributed by atoms with Crippen LogP contribution in [0.5, 0.6) is 0 Å². The molecule has 18 heavy (non-hydrogen) atoms. The van der Waals surface area contributed by atoms with Crippen LogP contribution >= 0.6 is 15.9 Å². The minimum atomic E-state index is 0.698. The van der Waals surface area contributed by atoms with Crippen LogP contribution < -0.4 is 5.32 Å². The van der Waals surface area contributed by atoms with Crippen LogP contribution in [0.25, 0.3) is 0 Å². The lowest BCUT2D eigenvalue weighted by Gasteiger charge is -2.25. The van der Waals surface area contributed by atoms with Crippen molar-refractivity contribution in [2.75, 3.05) is 19.6 Å². The zero-order valence-electron chi connectivity index (χ0n) is 11.2. The van der Waals surface area contributed by atoms with E-state index in [9.17, 15) is 0 Å². The zero-order chi connectivity index (χ0) is 12.8. The highest BCUT2D eigenvalue weighted by molar-refractivity contribution is 9.10. The highest BCUT2D eigenvalue weighted by Crippen LogP contribution is 2.15. The molecule has 1 atom stereocenters. The molecule has 1 unspecified atom stereocenters. The Labute approximate surface area is 119 Å². The Kier molecular flexibility index (Phi) is 5.67. The molecule has 0 aromatic heterocycles. The molecule has 1 saturated heterocycles. The minimum Gasteiger partial charge on any atom is -0.313 e. The summed E-state index contributed by atoms with van der Waals surface area (Å²) in [6, 6.07) is 9.35. The largest absolute Gasteiger partial charge is 0.313 e. The van der Waals surface area contributed by atoms with E-state index in [0.717, 1.165) is 6.54 Å². The zero-order valence-corrected chi connectivity index (χ0v) is 12.7. The van der Waals surface area contributed by atoms with Crippen LogP contribution in [0, 0.1) is 0 Å². The van der Waals surface area contributed by atoms with Crippen molar-refractivity contribution < 1.29 is 0 Å². The van der Waals surface area contributed by atoms with E-state index in [1.165, 1.54) is 48.9 Å². The second-order valence-corrected chi connectivity index (χ2v) is 6.07. The van der Waals surface area contributed by atoms with Crippen molar-refractivity contribution in [3.63, 3.8) is 0 Å². The third kappa shape index (κ3) is 4.38. The van der Waals surface area contributed by atoms with Crippen molar-refractivity contribution >= 4 is 15.9 Å². The van der Waals surface area contributed by atoms with E-state index in [-0.39, 0.29) is 0 Å². The first-order chi connectivity index (χ1) is 8.78. The molecule has 1 aromatic carbocycles. The van der Waals surface area contributed by atoms with Gasteiger partial charge in [0, 0.05) is 23.6 Å². The fraction of sp³-hybridized carbons (Fsp3) is 0.600. The normalized spacial score (nSPS) is 19.6. The lowest BCUT2D eigenvalue weighted by molar-refractivity contribution is 0.241. The van der Waals surface area contributed by atoms with Gasteiger partial charge >= 0.3 is 0 Å². The Morgan fingerprint density at radius 3 is 3.00 bits per heavy atom. The molecule has 100 valence electrons. The van der Waals surface area contributed by atoms with Gasteiger partial charge in [0.2, 0.25) is 0 Å². The van der Waals surface area contributed by atoms with E-state index >= 15 is 0 Å². The van der Waals surface area contributed by atoms with Crippen molar-refractivity contribution in [3.05, 3.63) is 34.3 Å². The molecule has 1 fully saturated rings. The summed E-state index contributed by atoms with van der Waals surface area (Å²) in [5, 5.41) is 3.59. The number of nitrogens with zero attached hydrogens (tertiary/aromatic N) is 1. The van der Waals surface area contributed by atoms with Gasteiger partial charge in [-0.25, -0.2) is 0 Å². The number of nitrogens with one attached hydrogen (secondary N) is 1. The van der Waals surface area contributed by atoms with Gasteiger partial charge in [-0.1, -0.05) is 35.0 Å². The van der Waals surface area contributed by atoms with Crippen molar-refractivity contribution in [2.24, 2.45) is 0 Å². The van der Waals surface area contributed by atoms with Gasteiger partial charge in [-0.3, -0.25) is 4.90 Å². The van der Waals surface area contributed by atoms with Crippen molar-refractivity contribution in [1.29, 1.82) is 0 Å². The number of hydrogen-bond acceptors (Lipinski definition) is 2. The van der Waals surface area contributed by atoms with Crippen LogP contribution in [0.3, 0.4) is 0 Å². The smallest absolute Gasteiger partial charge is 0.0234 e. The number of hydrogen-bond donors (Lipinski definition) is 1. The first-order valence-electron chi connectivity index (χ1n) is 6.98. The summed E-state index contributed by atoms with van der Waals surface area (Å²) in [7, 11) is 0. The van der Waals surface area contributed by atoms with Crippen LogP contribution in [0.1, 0.15) is 31.7 Å². The van der Waals surface area contributed by atoms with Gasteiger partial charge in [-0.2, -0.15) is 0 Å². The first-order valence-corrected chi connectivity index (χ1v) is 7.77. The maximum absolute atomic E-state index is 3.59. The standard InChI is InChI=1S/C15H23BrN2/c1-2-9-18(12-15-7-4-8-17-15)11-13-5-3-6-14(16)10-13/h3,5-6,10,15,17H,2,4,7-9,11-12H2,1H3. The van der Waals surface area contributed by atoms with Gasteiger partial charge in [0.05, 0.1) is 0 Å². The fourth-order valence-corrected chi connectivity index (χ4v) is 3.12. The summed E-state index contributed by atoms with van der Waals surface area (Å²) in [5.41, 5.74) is 1.40. The molecule has 0 spiro atoms. The summed E-state index contributed by atoms with van der Waals surface area (Å²) in [5.74, 6) is 0. The molecular weight excluding hydrogens is 288 g/mol. The number of halogens is 1. The SMILES string of the molecule is CCCN(Cc1cccc(Br)c1)CC1CCCN1. The Hall–Kier alpha value is -0.380. The van der Waals surface area contributed by atoms with E-state index < -0.39 is 0 Å². The van der Waals surface area contributed by atoms with Gasteiger partial charge in [0.15, 0.2) is 0 Å². The molecular formula is C15H23BrN2. The molecule has 1 aliphatic heterocycles. The second kappa shape index (κ2) is 7.27. The van der Waals surface area contributed by atoms with Crippen LogP contribution in [-0.4, -0.2) is 30.6 Å². The van der Waals surface area contributed by atoms with Gasteiger partial charge < -0.3 is 5.32 Å². The molecule has 0 aliphatic carbocycles. The van der Waals surface area contributed by atoms with Gasteiger partial charge in [-0.05, 0) is 50.0 Å². The summed E-state index contributed by atoms with van der Waals surface area (Å²) < 4.78 is 1.18. The highest BCUT2D eigenvalue weighted by Gasteiger charge is 2.17. The molecule has 0 amide bonds. The molecule has 1 aromatic rings. The van der Waals surface area contributed by atoms with Crippen LogP contribution in [0.2, 0.25) is 0 Å².